The highest BCUT2D eigenvalue weighted by Crippen LogP contribution is 2.37. The highest BCUT2D eigenvalue weighted by molar-refractivity contribution is 8.14. The molecule has 1 heterocycles. The summed E-state index contributed by atoms with van der Waals surface area (Å²) in [4.78, 5) is 4.73. The summed E-state index contributed by atoms with van der Waals surface area (Å²) >= 11 is 1.95. The molecule has 0 aromatic heterocycles. The first-order chi connectivity index (χ1) is 7.36. The monoisotopic (exact) mass is 224 g/mol. The molecule has 1 saturated heterocycles. The number of hydrogen-bond donors (Lipinski definition) is 1. The molecule has 2 saturated carbocycles. The Morgan fingerprint density at radius 2 is 2.07 bits per heavy atom. The van der Waals surface area contributed by atoms with Crippen molar-refractivity contribution in [2.45, 2.75) is 50.5 Å². The van der Waals surface area contributed by atoms with Crippen LogP contribution in [-0.4, -0.2) is 23.0 Å². The minimum atomic E-state index is 0.448. The minimum absolute atomic E-state index is 0.448. The van der Waals surface area contributed by atoms with Crippen LogP contribution in [0.1, 0.15) is 44.9 Å². The van der Waals surface area contributed by atoms with Crippen molar-refractivity contribution < 1.29 is 0 Å². The second kappa shape index (κ2) is 4.00. The highest BCUT2D eigenvalue weighted by Gasteiger charge is 2.39. The Balaban J connectivity index is 1.55. The van der Waals surface area contributed by atoms with Crippen molar-refractivity contribution in [2.24, 2.45) is 10.9 Å². The normalized spacial score (nSPS) is 32.1. The third-order valence-electron chi connectivity index (χ3n) is 4.14. The Kier molecular flexibility index (Phi) is 2.67. The van der Waals surface area contributed by atoms with E-state index in [1.807, 2.05) is 11.8 Å². The molecule has 1 aliphatic heterocycles. The Morgan fingerprint density at radius 3 is 2.73 bits per heavy atom. The molecule has 0 aromatic rings. The summed E-state index contributed by atoms with van der Waals surface area (Å²) in [6.07, 6.45) is 9.79. The summed E-state index contributed by atoms with van der Waals surface area (Å²) in [6, 6.07) is 0. The van der Waals surface area contributed by atoms with Gasteiger partial charge in [0.25, 0.3) is 0 Å². The Labute approximate surface area is 96.3 Å². The van der Waals surface area contributed by atoms with Crippen LogP contribution in [-0.2, 0) is 0 Å². The Morgan fingerprint density at radius 1 is 1.27 bits per heavy atom. The second-order valence-corrected chi connectivity index (χ2v) is 6.31. The van der Waals surface area contributed by atoms with Crippen LogP contribution < -0.4 is 5.32 Å². The van der Waals surface area contributed by atoms with E-state index in [1.165, 1.54) is 55.9 Å². The number of nitrogens with one attached hydrogen (secondary N) is 1. The lowest BCUT2D eigenvalue weighted by molar-refractivity contribution is 0.326. The topological polar surface area (TPSA) is 24.4 Å². The van der Waals surface area contributed by atoms with E-state index in [1.54, 1.807) is 0 Å². The fourth-order valence-electron chi connectivity index (χ4n) is 2.80. The molecule has 0 radical (unpaired) electrons. The van der Waals surface area contributed by atoms with Crippen molar-refractivity contribution in [2.75, 3.05) is 12.3 Å². The van der Waals surface area contributed by atoms with Crippen LogP contribution in [0.2, 0.25) is 0 Å². The van der Waals surface area contributed by atoms with Crippen LogP contribution in [0.4, 0.5) is 0 Å². The maximum absolute atomic E-state index is 4.73. The van der Waals surface area contributed by atoms with Gasteiger partial charge in [0, 0.05) is 17.8 Å². The number of nitrogens with zero attached hydrogens (tertiary/aromatic N) is 1. The van der Waals surface area contributed by atoms with Gasteiger partial charge >= 0.3 is 0 Å². The molecule has 3 rings (SSSR count). The molecular weight excluding hydrogens is 204 g/mol. The van der Waals surface area contributed by atoms with E-state index in [9.17, 15) is 0 Å². The largest absolute Gasteiger partial charge is 0.359 e. The summed E-state index contributed by atoms with van der Waals surface area (Å²) in [6.45, 7) is 1.07. The molecule has 0 bridgehead atoms. The van der Waals surface area contributed by atoms with Crippen LogP contribution in [0, 0.1) is 5.92 Å². The van der Waals surface area contributed by atoms with Gasteiger partial charge in [0.1, 0.15) is 0 Å². The van der Waals surface area contributed by atoms with Gasteiger partial charge in [0.2, 0.25) is 0 Å². The van der Waals surface area contributed by atoms with Gasteiger partial charge in [-0.05, 0) is 31.6 Å². The number of hydrogen-bond acceptors (Lipinski definition) is 2. The van der Waals surface area contributed by atoms with E-state index in [0.29, 0.717) is 5.54 Å². The predicted molar refractivity (Wildman–Crippen MR) is 66.4 cm³/mol. The van der Waals surface area contributed by atoms with Crippen LogP contribution in [0.3, 0.4) is 0 Å². The van der Waals surface area contributed by atoms with Gasteiger partial charge < -0.3 is 5.32 Å². The van der Waals surface area contributed by atoms with E-state index in [4.69, 9.17) is 4.99 Å². The zero-order valence-electron chi connectivity index (χ0n) is 9.30. The zero-order valence-corrected chi connectivity index (χ0v) is 10.1. The average molecular weight is 224 g/mol. The molecular formula is C12H20N2S. The molecule has 3 heteroatoms. The van der Waals surface area contributed by atoms with Crippen molar-refractivity contribution >= 4 is 16.9 Å². The molecule has 15 heavy (non-hydrogen) atoms. The second-order valence-electron chi connectivity index (χ2n) is 5.34. The third kappa shape index (κ3) is 2.03. The molecule has 3 fully saturated rings. The van der Waals surface area contributed by atoms with Gasteiger partial charge in [0.05, 0.1) is 0 Å². The molecule has 2 aliphatic carbocycles. The van der Waals surface area contributed by atoms with Crippen LogP contribution in [0.5, 0.6) is 0 Å². The number of rotatable bonds is 2. The van der Waals surface area contributed by atoms with Crippen molar-refractivity contribution in [3.05, 3.63) is 0 Å². The van der Waals surface area contributed by atoms with Crippen LogP contribution >= 0.6 is 11.8 Å². The molecule has 84 valence electrons. The summed E-state index contributed by atoms with van der Waals surface area (Å²) in [5.74, 6) is 2.16. The Hall–Kier alpha value is -0.180. The molecule has 0 aromatic carbocycles. The lowest BCUT2D eigenvalue weighted by Gasteiger charge is -2.24. The summed E-state index contributed by atoms with van der Waals surface area (Å²) in [5, 5.41) is 4.92. The standard InChI is InChI=1S/C12H20N2S/c1-2-7-12(6-1)9-15-11(14-12)13-8-10-4-3-5-10/h10H,1-9H2,(H,13,14). The first-order valence-corrected chi connectivity index (χ1v) is 7.30. The number of thioether (sulfide) groups is 1. The minimum Gasteiger partial charge on any atom is -0.359 e. The van der Waals surface area contributed by atoms with Gasteiger partial charge in [-0.15, -0.1) is 0 Å². The third-order valence-corrected chi connectivity index (χ3v) is 5.34. The molecule has 1 spiro atoms. The van der Waals surface area contributed by atoms with Gasteiger partial charge in [-0.3, -0.25) is 4.99 Å². The summed E-state index contributed by atoms with van der Waals surface area (Å²) in [5.41, 5.74) is 0.448. The SMILES string of the molecule is C1CC(CN=C2NC3(CCCC3)CS2)C1. The maximum Gasteiger partial charge on any atom is 0.157 e. The summed E-state index contributed by atoms with van der Waals surface area (Å²) in [7, 11) is 0. The summed E-state index contributed by atoms with van der Waals surface area (Å²) < 4.78 is 0. The molecule has 1 N–H and O–H groups in total. The van der Waals surface area contributed by atoms with Gasteiger partial charge in [0.15, 0.2) is 5.17 Å². The number of amidine groups is 1. The fraction of sp³-hybridized carbons (Fsp3) is 0.917. The van der Waals surface area contributed by atoms with E-state index in [-0.39, 0.29) is 0 Å². The molecule has 0 amide bonds. The van der Waals surface area contributed by atoms with Crippen molar-refractivity contribution in [1.29, 1.82) is 0 Å². The van der Waals surface area contributed by atoms with Crippen LogP contribution in [0.15, 0.2) is 4.99 Å². The van der Waals surface area contributed by atoms with Crippen LogP contribution in [0.25, 0.3) is 0 Å². The van der Waals surface area contributed by atoms with Gasteiger partial charge in [-0.2, -0.15) is 0 Å². The molecule has 0 unspecified atom stereocenters. The van der Waals surface area contributed by atoms with Gasteiger partial charge in [-0.25, -0.2) is 0 Å². The van der Waals surface area contributed by atoms with Crippen molar-refractivity contribution in [3.8, 4) is 0 Å². The highest BCUT2D eigenvalue weighted by atomic mass is 32.2. The number of aliphatic imine (C=N–C) groups is 1. The van der Waals surface area contributed by atoms with Crippen molar-refractivity contribution in [1.82, 2.24) is 5.32 Å². The van der Waals surface area contributed by atoms with E-state index < -0.39 is 0 Å². The van der Waals surface area contributed by atoms with E-state index in [2.05, 4.69) is 5.32 Å². The smallest absolute Gasteiger partial charge is 0.157 e. The lowest BCUT2D eigenvalue weighted by atomic mass is 9.86. The zero-order chi connectivity index (χ0) is 10.1. The quantitative estimate of drug-likeness (QED) is 0.780. The lowest BCUT2D eigenvalue weighted by Crippen LogP contribution is -2.40. The first kappa shape index (κ1) is 10.0. The predicted octanol–water partition coefficient (Wildman–Crippen LogP) is 2.79. The van der Waals surface area contributed by atoms with E-state index in [0.717, 1.165) is 12.5 Å². The fourth-order valence-corrected chi connectivity index (χ4v) is 4.03. The van der Waals surface area contributed by atoms with Crippen molar-refractivity contribution in [3.63, 3.8) is 0 Å². The average Bonchev–Trinajstić information content (AvgIpc) is 2.76. The molecule has 3 aliphatic rings. The Bertz CT molecular complexity index is 265. The first-order valence-electron chi connectivity index (χ1n) is 6.32. The maximum atomic E-state index is 4.73. The molecule has 2 nitrogen and oxygen atoms in total. The molecule has 0 atom stereocenters. The van der Waals surface area contributed by atoms with E-state index >= 15 is 0 Å². The van der Waals surface area contributed by atoms with Gasteiger partial charge in [-0.1, -0.05) is 31.0 Å².